The van der Waals surface area contributed by atoms with Gasteiger partial charge in [-0.3, -0.25) is 0 Å². The van der Waals surface area contributed by atoms with Crippen LogP contribution in [0.5, 0.6) is 0 Å². The van der Waals surface area contributed by atoms with Gasteiger partial charge in [0.1, 0.15) is 6.26 Å². The zero-order chi connectivity index (χ0) is 17.2. The molecule has 0 aliphatic heterocycles. The Balaban J connectivity index is 1.66. The predicted octanol–water partition coefficient (Wildman–Crippen LogP) is 3.39. The number of rotatable bonds is 4. The van der Waals surface area contributed by atoms with Crippen molar-refractivity contribution in [2.75, 3.05) is 11.9 Å². The van der Waals surface area contributed by atoms with Gasteiger partial charge in [-0.1, -0.05) is 18.9 Å². The minimum absolute atomic E-state index is 0.274. The summed E-state index contributed by atoms with van der Waals surface area (Å²) in [6.07, 6.45) is 5.10. The Morgan fingerprint density at radius 1 is 1.33 bits per heavy atom. The third kappa shape index (κ3) is 3.76. The van der Waals surface area contributed by atoms with Crippen molar-refractivity contribution in [1.29, 1.82) is 0 Å². The van der Waals surface area contributed by atoms with Crippen molar-refractivity contribution >= 4 is 11.7 Å². The van der Waals surface area contributed by atoms with Crippen molar-refractivity contribution in [3.05, 3.63) is 35.7 Å². The molecular formula is C18H23N3O3. The number of carbonyl (C=O) groups is 1. The molecular weight excluding hydrogens is 306 g/mol. The van der Waals surface area contributed by atoms with Crippen LogP contribution in [0.2, 0.25) is 0 Å². The van der Waals surface area contributed by atoms with Crippen LogP contribution >= 0.6 is 0 Å². The van der Waals surface area contributed by atoms with Crippen LogP contribution < -0.4 is 10.6 Å². The number of carbonyl (C=O) groups excluding carboxylic acids is 1. The number of aliphatic hydroxyl groups is 1. The van der Waals surface area contributed by atoms with Crippen LogP contribution in [0.15, 0.2) is 28.9 Å². The van der Waals surface area contributed by atoms with Crippen LogP contribution in [-0.2, 0) is 0 Å². The first-order valence-corrected chi connectivity index (χ1v) is 8.26. The van der Waals surface area contributed by atoms with Gasteiger partial charge in [0.15, 0.2) is 0 Å². The minimum atomic E-state index is -0.760. The van der Waals surface area contributed by atoms with E-state index in [2.05, 4.69) is 15.6 Å². The second kappa shape index (κ2) is 6.65. The lowest BCUT2D eigenvalue weighted by molar-refractivity contribution is 0.0506. The van der Waals surface area contributed by atoms with Crippen molar-refractivity contribution < 1.29 is 14.3 Å². The topological polar surface area (TPSA) is 87.4 Å². The van der Waals surface area contributed by atoms with E-state index in [1.54, 1.807) is 6.26 Å². The Bertz CT molecular complexity index is 733. The van der Waals surface area contributed by atoms with Gasteiger partial charge in [-0.2, -0.15) is 0 Å². The maximum atomic E-state index is 12.1. The molecule has 1 aliphatic carbocycles. The van der Waals surface area contributed by atoms with Crippen LogP contribution in [0.4, 0.5) is 10.5 Å². The zero-order valence-electron chi connectivity index (χ0n) is 14.1. The summed E-state index contributed by atoms with van der Waals surface area (Å²) in [4.78, 5) is 16.4. The summed E-state index contributed by atoms with van der Waals surface area (Å²) in [6, 6.07) is 5.34. The molecule has 1 heterocycles. The molecule has 3 rings (SSSR count). The van der Waals surface area contributed by atoms with Crippen molar-refractivity contribution in [1.82, 2.24) is 10.3 Å². The first kappa shape index (κ1) is 16.5. The fourth-order valence-corrected chi connectivity index (χ4v) is 3.00. The van der Waals surface area contributed by atoms with Crippen LogP contribution in [-0.4, -0.2) is 28.3 Å². The molecule has 24 heavy (non-hydrogen) atoms. The van der Waals surface area contributed by atoms with E-state index in [4.69, 9.17) is 4.42 Å². The number of urea groups is 1. The van der Waals surface area contributed by atoms with Crippen LogP contribution in [0.25, 0.3) is 11.5 Å². The summed E-state index contributed by atoms with van der Waals surface area (Å²) in [5.41, 5.74) is 2.49. The SMILES string of the molecule is Cc1coc(-c2ccc(C)c(NC(=O)NCC3(O)CCCC3)c2)n1. The highest BCUT2D eigenvalue weighted by molar-refractivity contribution is 5.90. The molecule has 1 aromatic carbocycles. The molecule has 128 valence electrons. The van der Waals surface area contributed by atoms with Crippen molar-refractivity contribution in [3.63, 3.8) is 0 Å². The van der Waals surface area contributed by atoms with E-state index in [1.807, 2.05) is 32.0 Å². The smallest absolute Gasteiger partial charge is 0.319 e. The quantitative estimate of drug-likeness (QED) is 0.802. The predicted molar refractivity (Wildman–Crippen MR) is 91.9 cm³/mol. The van der Waals surface area contributed by atoms with Gasteiger partial charge in [0.2, 0.25) is 5.89 Å². The van der Waals surface area contributed by atoms with E-state index >= 15 is 0 Å². The molecule has 1 aliphatic rings. The van der Waals surface area contributed by atoms with E-state index < -0.39 is 5.60 Å². The maximum absolute atomic E-state index is 12.1. The number of amides is 2. The fraction of sp³-hybridized carbons (Fsp3) is 0.444. The Kier molecular flexibility index (Phi) is 4.57. The van der Waals surface area contributed by atoms with E-state index in [0.717, 1.165) is 42.5 Å². The molecule has 2 aromatic rings. The first-order chi connectivity index (χ1) is 11.5. The number of benzene rings is 1. The second-order valence-electron chi connectivity index (χ2n) is 6.56. The third-order valence-electron chi connectivity index (χ3n) is 4.46. The molecule has 1 saturated carbocycles. The summed E-state index contributed by atoms with van der Waals surface area (Å²) in [7, 11) is 0. The number of nitrogens with zero attached hydrogens (tertiary/aromatic N) is 1. The normalized spacial score (nSPS) is 16.1. The Morgan fingerprint density at radius 3 is 2.75 bits per heavy atom. The van der Waals surface area contributed by atoms with Gasteiger partial charge >= 0.3 is 6.03 Å². The van der Waals surface area contributed by atoms with E-state index in [-0.39, 0.29) is 12.6 Å². The standard InChI is InChI=1S/C18H23N3O3/c1-12-5-6-14(16-20-13(2)10-24-16)9-15(12)21-17(22)19-11-18(23)7-3-4-8-18/h5-6,9-10,23H,3-4,7-8,11H2,1-2H3,(H2,19,21,22). The van der Waals surface area contributed by atoms with Crippen LogP contribution in [0.1, 0.15) is 36.9 Å². The monoisotopic (exact) mass is 329 g/mol. The zero-order valence-corrected chi connectivity index (χ0v) is 14.1. The number of anilines is 1. The molecule has 1 fully saturated rings. The van der Waals surface area contributed by atoms with Gasteiger partial charge in [-0.25, -0.2) is 9.78 Å². The van der Waals surface area contributed by atoms with Crippen molar-refractivity contribution in [2.45, 2.75) is 45.1 Å². The third-order valence-corrected chi connectivity index (χ3v) is 4.46. The summed E-state index contributed by atoms with van der Waals surface area (Å²) in [5.74, 6) is 0.524. The number of aromatic nitrogens is 1. The molecule has 0 unspecified atom stereocenters. The lowest BCUT2D eigenvalue weighted by Crippen LogP contribution is -2.42. The molecule has 6 heteroatoms. The second-order valence-corrected chi connectivity index (χ2v) is 6.56. The highest BCUT2D eigenvalue weighted by Gasteiger charge is 2.31. The summed E-state index contributed by atoms with van der Waals surface area (Å²) in [5, 5.41) is 15.9. The van der Waals surface area contributed by atoms with E-state index in [1.165, 1.54) is 0 Å². The average Bonchev–Trinajstić information content (AvgIpc) is 3.17. The summed E-state index contributed by atoms with van der Waals surface area (Å²) < 4.78 is 5.41. The van der Waals surface area contributed by atoms with Gasteiger partial charge in [-0.15, -0.1) is 0 Å². The number of aryl methyl sites for hydroxylation is 2. The highest BCUT2D eigenvalue weighted by Crippen LogP contribution is 2.29. The molecule has 0 spiro atoms. The molecule has 2 amide bonds. The van der Waals surface area contributed by atoms with E-state index in [0.29, 0.717) is 11.6 Å². The Hall–Kier alpha value is -2.34. The number of oxazole rings is 1. The summed E-state index contributed by atoms with van der Waals surface area (Å²) in [6.45, 7) is 4.06. The largest absolute Gasteiger partial charge is 0.444 e. The minimum Gasteiger partial charge on any atom is -0.444 e. The maximum Gasteiger partial charge on any atom is 0.319 e. The number of nitrogens with one attached hydrogen (secondary N) is 2. The molecule has 0 saturated heterocycles. The molecule has 6 nitrogen and oxygen atoms in total. The molecule has 0 bridgehead atoms. The van der Waals surface area contributed by atoms with Gasteiger partial charge in [-0.05, 0) is 44.4 Å². The highest BCUT2D eigenvalue weighted by atomic mass is 16.3. The van der Waals surface area contributed by atoms with Crippen molar-refractivity contribution in [3.8, 4) is 11.5 Å². The first-order valence-electron chi connectivity index (χ1n) is 8.26. The van der Waals surface area contributed by atoms with Crippen LogP contribution in [0, 0.1) is 13.8 Å². The Morgan fingerprint density at radius 2 is 2.08 bits per heavy atom. The lowest BCUT2D eigenvalue weighted by Gasteiger charge is -2.22. The molecule has 0 atom stereocenters. The van der Waals surface area contributed by atoms with Gasteiger partial charge in [0, 0.05) is 17.8 Å². The van der Waals surface area contributed by atoms with Gasteiger partial charge < -0.3 is 20.2 Å². The molecule has 0 radical (unpaired) electrons. The van der Waals surface area contributed by atoms with Crippen LogP contribution in [0.3, 0.4) is 0 Å². The lowest BCUT2D eigenvalue weighted by atomic mass is 10.0. The van der Waals surface area contributed by atoms with Gasteiger partial charge in [0.25, 0.3) is 0 Å². The number of hydrogen-bond donors (Lipinski definition) is 3. The van der Waals surface area contributed by atoms with E-state index in [9.17, 15) is 9.90 Å². The Labute approximate surface area is 141 Å². The number of hydrogen-bond acceptors (Lipinski definition) is 4. The van der Waals surface area contributed by atoms with Crippen molar-refractivity contribution in [2.24, 2.45) is 0 Å². The molecule has 3 N–H and O–H groups in total. The molecule has 1 aromatic heterocycles. The summed E-state index contributed by atoms with van der Waals surface area (Å²) >= 11 is 0. The fourth-order valence-electron chi connectivity index (χ4n) is 3.00. The van der Waals surface area contributed by atoms with Gasteiger partial charge in [0.05, 0.1) is 11.3 Å². The average molecular weight is 329 g/mol.